The van der Waals surface area contributed by atoms with E-state index in [2.05, 4.69) is 17.7 Å². The van der Waals surface area contributed by atoms with Gasteiger partial charge >= 0.3 is 0 Å². The lowest BCUT2D eigenvalue weighted by atomic mass is 9.87. The van der Waals surface area contributed by atoms with Crippen LogP contribution in [0, 0.1) is 5.92 Å². The second-order valence-electron chi connectivity index (χ2n) is 5.13. The van der Waals surface area contributed by atoms with Gasteiger partial charge in [-0.3, -0.25) is 10.6 Å². The number of rotatable bonds is 3. The first kappa shape index (κ1) is 12.9. The lowest BCUT2D eigenvalue weighted by molar-refractivity contribution is 0.0922. The molecule has 98 valence electrons. The van der Waals surface area contributed by atoms with Gasteiger partial charge in [0.25, 0.3) is 5.91 Å². The SMILES string of the molecule is CC1CCCC(NC(=O)c2ccccc2NN)C1. The van der Waals surface area contributed by atoms with E-state index in [1.807, 2.05) is 12.1 Å². The number of anilines is 1. The third-order valence-corrected chi connectivity index (χ3v) is 3.60. The summed E-state index contributed by atoms with van der Waals surface area (Å²) in [5, 5.41) is 3.11. The summed E-state index contributed by atoms with van der Waals surface area (Å²) in [4.78, 5) is 12.2. The largest absolute Gasteiger partial charge is 0.349 e. The zero-order chi connectivity index (χ0) is 13.0. The average Bonchev–Trinajstić information content (AvgIpc) is 2.38. The van der Waals surface area contributed by atoms with Gasteiger partial charge < -0.3 is 10.7 Å². The van der Waals surface area contributed by atoms with Crippen LogP contribution in [-0.4, -0.2) is 11.9 Å². The molecule has 1 aliphatic carbocycles. The van der Waals surface area contributed by atoms with Crippen LogP contribution in [-0.2, 0) is 0 Å². The Hall–Kier alpha value is -1.55. The Bertz CT molecular complexity index is 419. The molecule has 1 aromatic rings. The summed E-state index contributed by atoms with van der Waals surface area (Å²) in [7, 11) is 0. The molecule has 0 saturated heterocycles. The van der Waals surface area contributed by atoms with Gasteiger partial charge in [-0.2, -0.15) is 0 Å². The first-order valence-corrected chi connectivity index (χ1v) is 6.57. The standard InChI is InChI=1S/C14H21N3O/c1-10-5-4-6-11(9-10)16-14(18)12-7-2-3-8-13(12)17-15/h2-3,7-8,10-11,17H,4-6,9,15H2,1H3,(H,16,18). The van der Waals surface area contributed by atoms with Crippen molar-refractivity contribution in [2.45, 2.75) is 38.6 Å². The summed E-state index contributed by atoms with van der Waals surface area (Å²) in [6.07, 6.45) is 4.62. The zero-order valence-corrected chi connectivity index (χ0v) is 10.8. The summed E-state index contributed by atoms with van der Waals surface area (Å²) in [5.41, 5.74) is 3.84. The topological polar surface area (TPSA) is 67.2 Å². The van der Waals surface area contributed by atoms with Crippen molar-refractivity contribution in [3.05, 3.63) is 29.8 Å². The molecule has 0 bridgehead atoms. The van der Waals surface area contributed by atoms with E-state index in [0.29, 0.717) is 23.2 Å². The van der Waals surface area contributed by atoms with Crippen LogP contribution in [0.1, 0.15) is 43.0 Å². The van der Waals surface area contributed by atoms with Gasteiger partial charge in [0.2, 0.25) is 0 Å². The maximum Gasteiger partial charge on any atom is 0.253 e. The van der Waals surface area contributed by atoms with E-state index >= 15 is 0 Å². The number of carbonyl (C=O) groups excluding carboxylic acids is 1. The molecule has 1 fully saturated rings. The molecule has 1 aromatic carbocycles. The molecule has 0 aromatic heterocycles. The number of nitrogen functional groups attached to an aromatic ring is 1. The smallest absolute Gasteiger partial charge is 0.253 e. The van der Waals surface area contributed by atoms with Gasteiger partial charge in [-0.05, 0) is 30.9 Å². The summed E-state index contributed by atoms with van der Waals surface area (Å²) < 4.78 is 0. The lowest BCUT2D eigenvalue weighted by Gasteiger charge is -2.27. The molecule has 1 amide bonds. The normalized spacial score (nSPS) is 23.4. The van der Waals surface area contributed by atoms with E-state index < -0.39 is 0 Å². The van der Waals surface area contributed by atoms with Crippen molar-refractivity contribution in [3.8, 4) is 0 Å². The number of hydrogen-bond acceptors (Lipinski definition) is 3. The molecule has 1 aliphatic rings. The van der Waals surface area contributed by atoms with Crippen molar-refractivity contribution in [2.24, 2.45) is 11.8 Å². The Morgan fingerprint density at radius 1 is 1.33 bits per heavy atom. The second-order valence-corrected chi connectivity index (χ2v) is 5.13. The maximum absolute atomic E-state index is 12.2. The summed E-state index contributed by atoms with van der Waals surface area (Å²) in [6, 6.07) is 7.59. The molecule has 1 saturated carbocycles. The molecule has 4 N–H and O–H groups in total. The predicted octanol–water partition coefficient (Wildman–Crippen LogP) is 2.28. The number of nitrogens with one attached hydrogen (secondary N) is 2. The first-order chi connectivity index (χ1) is 8.70. The molecule has 4 heteroatoms. The highest BCUT2D eigenvalue weighted by Crippen LogP contribution is 2.24. The molecular formula is C14H21N3O. The Labute approximate surface area is 108 Å². The fraction of sp³-hybridized carbons (Fsp3) is 0.500. The van der Waals surface area contributed by atoms with Crippen LogP contribution in [0.25, 0.3) is 0 Å². The third-order valence-electron chi connectivity index (χ3n) is 3.60. The van der Waals surface area contributed by atoms with Gasteiger partial charge in [0.1, 0.15) is 0 Å². The average molecular weight is 247 g/mol. The number of para-hydroxylation sites is 1. The Kier molecular flexibility index (Phi) is 4.20. The summed E-state index contributed by atoms with van der Waals surface area (Å²) in [5.74, 6) is 6.08. The number of benzene rings is 1. The minimum Gasteiger partial charge on any atom is -0.349 e. The molecule has 4 nitrogen and oxygen atoms in total. The molecule has 0 radical (unpaired) electrons. The van der Waals surface area contributed by atoms with Crippen molar-refractivity contribution in [3.63, 3.8) is 0 Å². The highest BCUT2D eigenvalue weighted by molar-refractivity contribution is 5.99. The molecule has 0 spiro atoms. The van der Waals surface area contributed by atoms with Gasteiger partial charge in [0.05, 0.1) is 11.3 Å². The lowest BCUT2D eigenvalue weighted by Crippen LogP contribution is -2.38. The molecule has 0 aliphatic heterocycles. The fourth-order valence-corrected chi connectivity index (χ4v) is 2.64. The minimum atomic E-state index is -0.0392. The van der Waals surface area contributed by atoms with Crippen LogP contribution in [0.3, 0.4) is 0 Å². The van der Waals surface area contributed by atoms with Crippen molar-refractivity contribution >= 4 is 11.6 Å². The number of hydrogen-bond donors (Lipinski definition) is 3. The quantitative estimate of drug-likeness (QED) is 0.567. The minimum absolute atomic E-state index is 0.0392. The molecular weight excluding hydrogens is 226 g/mol. The Balaban J connectivity index is 2.03. The molecule has 18 heavy (non-hydrogen) atoms. The molecule has 2 rings (SSSR count). The summed E-state index contributed by atoms with van der Waals surface area (Å²) in [6.45, 7) is 2.24. The van der Waals surface area contributed by atoms with Crippen molar-refractivity contribution in [1.82, 2.24) is 5.32 Å². The van der Waals surface area contributed by atoms with Crippen LogP contribution in [0.5, 0.6) is 0 Å². The van der Waals surface area contributed by atoms with Crippen LogP contribution in [0.2, 0.25) is 0 Å². The van der Waals surface area contributed by atoms with Crippen LogP contribution in [0.15, 0.2) is 24.3 Å². The van der Waals surface area contributed by atoms with Crippen LogP contribution < -0.4 is 16.6 Å². The van der Waals surface area contributed by atoms with Crippen molar-refractivity contribution < 1.29 is 4.79 Å². The van der Waals surface area contributed by atoms with Gasteiger partial charge in [-0.15, -0.1) is 0 Å². The highest BCUT2D eigenvalue weighted by atomic mass is 16.1. The number of amides is 1. The van der Waals surface area contributed by atoms with Crippen LogP contribution >= 0.6 is 0 Å². The van der Waals surface area contributed by atoms with E-state index in [1.54, 1.807) is 12.1 Å². The van der Waals surface area contributed by atoms with E-state index in [1.165, 1.54) is 12.8 Å². The number of carbonyl (C=O) groups is 1. The monoisotopic (exact) mass is 247 g/mol. The fourth-order valence-electron chi connectivity index (χ4n) is 2.64. The van der Waals surface area contributed by atoms with E-state index in [0.717, 1.165) is 12.8 Å². The van der Waals surface area contributed by atoms with Gasteiger partial charge in [0.15, 0.2) is 0 Å². The predicted molar refractivity (Wildman–Crippen MR) is 73.1 cm³/mol. The zero-order valence-electron chi connectivity index (χ0n) is 10.8. The maximum atomic E-state index is 12.2. The van der Waals surface area contributed by atoms with E-state index in [-0.39, 0.29) is 5.91 Å². The van der Waals surface area contributed by atoms with Gasteiger partial charge in [0, 0.05) is 6.04 Å². The Morgan fingerprint density at radius 2 is 2.11 bits per heavy atom. The third kappa shape index (κ3) is 3.01. The van der Waals surface area contributed by atoms with Crippen LogP contribution in [0.4, 0.5) is 5.69 Å². The van der Waals surface area contributed by atoms with Crippen molar-refractivity contribution in [2.75, 3.05) is 5.43 Å². The second kappa shape index (κ2) is 5.87. The molecule has 2 unspecified atom stereocenters. The molecule has 2 atom stereocenters. The van der Waals surface area contributed by atoms with Gasteiger partial charge in [-0.25, -0.2) is 0 Å². The first-order valence-electron chi connectivity index (χ1n) is 6.57. The Morgan fingerprint density at radius 3 is 2.83 bits per heavy atom. The summed E-state index contributed by atoms with van der Waals surface area (Å²) >= 11 is 0. The highest BCUT2D eigenvalue weighted by Gasteiger charge is 2.21. The number of hydrazine groups is 1. The molecule has 0 heterocycles. The van der Waals surface area contributed by atoms with E-state index in [4.69, 9.17) is 5.84 Å². The van der Waals surface area contributed by atoms with Crippen molar-refractivity contribution in [1.29, 1.82) is 0 Å². The van der Waals surface area contributed by atoms with Gasteiger partial charge in [-0.1, -0.05) is 31.9 Å². The number of nitrogens with two attached hydrogens (primary N) is 1. The van der Waals surface area contributed by atoms with E-state index in [9.17, 15) is 4.79 Å².